The van der Waals surface area contributed by atoms with Gasteiger partial charge in [-0.05, 0) is 26.8 Å². The van der Waals surface area contributed by atoms with Crippen LogP contribution in [-0.4, -0.2) is 37.1 Å². The summed E-state index contributed by atoms with van der Waals surface area (Å²) in [5.41, 5.74) is 1.42. The van der Waals surface area contributed by atoms with Crippen molar-refractivity contribution in [3.05, 3.63) is 11.6 Å². The Labute approximate surface area is 82.0 Å². The van der Waals surface area contributed by atoms with Crippen LogP contribution < -0.4 is 5.32 Å². The van der Waals surface area contributed by atoms with Crippen molar-refractivity contribution in [3.8, 4) is 0 Å². The summed E-state index contributed by atoms with van der Waals surface area (Å²) in [4.78, 5) is 2.51. The van der Waals surface area contributed by atoms with Gasteiger partial charge in [0, 0.05) is 25.7 Å². The van der Waals surface area contributed by atoms with E-state index in [-0.39, 0.29) is 0 Å². The second-order valence-corrected chi connectivity index (χ2v) is 4.08. The quantitative estimate of drug-likeness (QED) is 0.665. The van der Waals surface area contributed by atoms with Gasteiger partial charge in [0.1, 0.15) is 0 Å². The Hall–Kier alpha value is -0.340. The molecule has 2 nitrogen and oxygen atoms in total. The molecule has 1 atom stereocenters. The summed E-state index contributed by atoms with van der Waals surface area (Å²) < 4.78 is 0. The fourth-order valence-electron chi connectivity index (χ4n) is 1.77. The molecule has 0 radical (unpaired) electrons. The molecule has 1 heterocycles. The Morgan fingerprint density at radius 1 is 1.54 bits per heavy atom. The van der Waals surface area contributed by atoms with Crippen molar-refractivity contribution in [1.82, 2.24) is 10.2 Å². The van der Waals surface area contributed by atoms with Crippen molar-refractivity contribution in [2.24, 2.45) is 0 Å². The average molecular weight is 182 g/mol. The van der Waals surface area contributed by atoms with Crippen LogP contribution in [-0.2, 0) is 0 Å². The third-order valence-corrected chi connectivity index (χ3v) is 2.52. The predicted molar refractivity (Wildman–Crippen MR) is 58.0 cm³/mol. The summed E-state index contributed by atoms with van der Waals surface area (Å²) in [7, 11) is 0. The van der Waals surface area contributed by atoms with Crippen molar-refractivity contribution in [2.75, 3.05) is 26.2 Å². The van der Waals surface area contributed by atoms with Crippen molar-refractivity contribution in [1.29, 1.82) is 0 Å². The molecule has 0 aromatic carbocycles. The molecule has 1 aliphatic rings. The zero-order valence-electron chi connectivity index (χ0n) is 9.14. The van der Waals surface area contributed by atoms with E-state index in [4.69, 9.17) is 0 Å². The first-order valence-electron chi connectivity index (χ1n) is 5.31. The number of nitrogens with one attached hydrogen (secondary N) is 1. The maximum absolute atomic E-state index is 3.50. The molecule has 0 saturated carbocycles. The number of allylic oxidation sites excluding steroid dienone is 1. The lowest BCUT2D eigenvalue weighted by Crippen LogP contribution is -2.32. The van der Waals surface area contributed by atoms with E-state index in [1.807, 2.05) is 0 Å². The topological polar surface area (TPSA) is 15.3 Å². The molecule has 1 unspecified atom stereocenters. The van der Waals surface area contributed by atoms with Crippen LogP contribution in [0.4, 0.5) is 0 Å². The lowest BCUT2D eigenvalue weighted by atomic mass is 10.3. The van der Waals surface area contributed by atoms with E-state index in [9.17, 15) is 0 Å². The number of rotatable bonds is 4. The Bertz CT molecular complexity index is 171. The van der Waals surface area contributed by atoms with Crippen LogP contribution in [0.2, 0.25) is 0 Å². The first-order valence-corrected chi connectivity index (χ1v) is 5.31. The summed E-state index contributed by atoms with van der Waals surface area (Å²) in [5.74, 6) is 0. The highest BCUT2D eigenvalue weighted by Gasteiger charge is 2.19. The fourth-order valence-corrected chi connectivity index (χ4v) is 1.77. The van der Waals surface area contributed by atoms with Gasteiger partial charge in [0.25, 0.3) is 0 Å². The number of hydrogen-bond acceptors (Lipinski definition) is 2. The highest BCUT2D eigenvalue weighted by Crippen LogP contribution is 2.08. The number of likely N-dealkylation sites (N-methyl/N-ethyl adjacent to an activating group) is 1. The molecule has 2 heteroatoms. The molecule has 0 aromatic rings. The van der Waals surface area contributed by atoms with Crippen molar-refractivity contribution in [2.45, 2.75) is 33.2 Å². The average Bonchev–Trinajstić information content (AvgIpc) is 2.50. The van der Waals surface area contributed by atoms with Crippen LogP contribution in [0.1, 0.15) is 27.2 Å². The van der Waals surface area contributed by atoms with Crippen LogP contribution in [0.3, 0.4) is 0 Å². The SMILES string of the molecule is CCNC1CCN(CC=C(C)C)C1. The van der Waals surface area contributed by atoms with Crippen LogP contribution in [0.25, 0.3) is 0 Å². The first kappa shape index (κ1) is 10.7. The smallest absolute Gasteiger partial charge is 0.0207 e. The number of nitrogens with zero attached hydrogens (tertiary/aromatic N) is 1. The molecule has 1 rings (SSSR count). The fraction of sp³-hybridized carbons (Fsp3) is 0.818. The summed E-state index contributed by atoms with van der Waals surface area (Å²) in [6, 6.07) is 0.732. The van der Waals surface area contributed by atoms with Crippen molar-refractivity contribution >= 4 is 0 Å². The molecule has 0 spiro atoms. The van der Waals surface area contributed by atoms with E-state index in [2.05, 4.69) is 37.1 Å². The van der Waals surface area contributed by atoms with Gasteiger partial charge in [-0.15, -0.1) is 0 Å². The van der Waals surface area contributed by atoms with Crippen LogP contribution in [0, 0.1) is 0 Å². The number of likely N-dealkylation sites (tertiary alicyclic amines) is 1. The summed E-state index contributed by atoms with van der Waals surface area (Å²) in [5, 5.41) is 3.50. The molecule has 1 aliphatic heterocycles. The maximum Gasteiger partial charge on any atom is 0.0207 e. The Balaban J connectivity index is 2.21. The second-order valence-electron chi connectivity index (χ2n) is 4.08. The highest BCUT2D eigenvalue weighted by atomic mass is 15.2. The van der Waals surface area contributed by atoms with E-state index in [1.54, 1.807) is 0 Å². The lowest BCUT2D eigenvalue weighted by Gasteiger charge is -2.14. The highest BCUT2D eigenvalue weighted by molar-refractivity contribution is 4.96. The molecule has 76 valence electrons. The predicted octanol–water partition coefficient (Wildman–Crippen LogP) is 1.64. The largest absolute Gasteiger partial charge is 0.313 e. The summed E-state index contributed by atoms with van der Waals surface area (Å²) in [6.45, 7) is 11.2. The van der Waals surface area contributed by atoms with E-state index in [1.165, 1.54) is 25.1 Å². The first-order chi connectivity index (χ1) is 6.22. The molecule has 13 heavy (non-hydrogen) atoms. The van der Waals surface area contributed by atoms with Crippen LogP contribution in [0.5, 0.6) is 0 Å². The summed E-state index contributed by atoms with van der Waals surface area (Å²) in [6.07, 6.45) is 3.62. The molecule has 1 saturated heterocycles. The normalized spacial score (nSPS) is 23.5. The van der Waals surface area contributed by atoms with Gasteiger partial charge >= 0.3 is 0 Å². The third kappa shape index (κ3) is 3.92. The van der Waals surface area contributed by atoms with Crippen LogP contribution in [0.15, 0.2) is 11.6 Å². The minimum absolute atomic E-state index is 0.732. The van der Waals surface area contributed by atoms with Gasteiger partial charge in [0.2, 0.25) is 0 Å². The monoisotopic (exact) mass is 182 g/mol. The van der Waals surface area contributed by atoms with Crippen LogP contribution >= 0.6 is 0 Å². The Kier molecular flexibility index (Phi) is 4.46. The van der Waals surface area contributed by atoms with Gasteiger partial charge in [-0.1, -0.05) is 18.6 Å². The van der Waals surface area contributed by atoms with Gasteiger partial charge in [-0.25, -0.2) is 0 Å². The molecule has 0 aromatic heterocycles. The van der Waals surface area contributed by atoms with Gasteiger partial charge < -0.3 is 5.32 Å². The maximum atomic E-state index is 3.50. The molecular formula is C11H22N2. The molecule has 0 amide bonds. The van der Waals surface area contributed by atoms with E-state index in [0.717, 1.165) is 19.1 Å². The number of hydrogen-bond donors (Lipinski definition) is 1. The van der Waals surface area contributed by atoms with Crippen molar-refractivity contribution < 1.29 is 0 Å². The zero-order valence-corrected chi connectivity index (χ0v) is 9.14. The minimum atomic E-state index is 0.732. The molecule has 1 N–H and O–H groups in total. The molecule has 0 aliphatic carbocycles. The van der Waals surface area contributed by atoms with E-state index in [0.29, 0.717) is 0 Å². The molecule has 1 fully saturated rings. The third-order valence-electron chi connectivity index (χ3n) is 2.52. The van der Waals surface area contributed by atoms with Gasteiger partial charge in [-0.3, -0.25) is 4.90 Å². The van der Waals surface area contributed by atoms with Crippen molar-refractivity contribution in [3.63, 3.8) is 0 Å². The Morgan fingerprint density at radius 2 is 2.31 bits per heavy atom. The van der Waals surface area contributed by atoms with E-state index >= 15 is 0 Å². The lowest BCUT2D eigenvalue weighted by molar-refractivity contribution is 0.363. The van der Waals surface area contributed by atoms with Gasteiger partial charge in [0.15, 0.2) is 0 Å². The standard InChI is InChI=1S/C11H22N2/c1-4-12-11-6-8-13(9-11)7-5-10(2)3/h5,11-12H,4,6-9H2,1-3H3. The molecular weight excluding hydrogens is 160 g/mol. The second kappa shape index (κ2) is 5.40. The Morgan fingerprint density at radius 3 is 2.92 bits per heavy atom. The van der Waals surface area contributed by atoms with Gasteiger partial charge in [-0.2, -0.15) is 0 Å². The van der Waals surface area contributed by atoms with E-state index < -0.39 is 0 Å². The minimum Gasteiger partial charge on any atom is -0.313 e. The zero-order chi connectivity index (χ0) is 9.68. The van der Waals surface area contributed by atoms with Gasteiger partial charge in [0.05, 0.1) is 0 Å². The summed E-state index contributed by atoms with van der Waals surface area (Å²) >= 11 is 0. The molecule has 0 bridgehead atoms.